The molecule has 1 aromatic heterocycles. The maximum atomic E-state index is 4.99. The summed E-state index contributed by atoms with van der Waals surface area (Å²) >= 11 is 1.84. The molecule has 0 radical (unpaired) electrons. The van der Waals surface area contributed by atoms with Crippen LogP contribution in [0.3, 0.4) is 0 Å². The normalized spacial score (nSPS) is 21.4. The molecule has 3 aliphatic rings. The van der Waals surface area contributed by atoms with Gasteiger partial charge < -0.3 is 5.32 Å². The van der Waals surface area contributed by atoms with Crippen molar-refractivity contribution < 1.29 is 0 Å². The fourth-order valence-electron chi connectivity index (χ4n) is 4.09. The second kappa shape index (κ2) is 5.85. The Labute approximate surface area is 152 Å². The maximum absolute atomic E-state index is 4.99. The number of rotatable bonds is 1. The van der Waals surface area contributed by atoms with E-state index in [2.05, 4.69) is 66.9 Å². The molecular formula is C22H20N2S. The van der Waals surface area contributed by atoms with Gasteiger partial charge in [0.05, 0.1) is 16.6 Å². The second-order valence-electron chi connectivity index (χ2n) is 6.82. The summed E-state index contributed by atoms with van der Waals surface area (Å²) in [5.74, 6) is 0. The molecule has 3 heteroatoms. The lowest BCUT2D eigenvalue weighted by Gasteiger charge is -2.14. The van der Waals surface area contributed by atoms with Crippen molar-refractivity contribution in [1.82, 2.24) is 10.3 Å². The zero-order valence-corrected chi connectivity index (χ0v) is 15.1. The lowest BCUT2D eigenvalue weighted by Crippen LogP contribution is -2.24. The van der Waals surface area contributed by atoms with Crippen molar-refractivity contribution in [2.24, 2.45) is 0 Å². The Morgan fingerprint density at radius 2 is 2.04 bits per heavy atom. The average Bonchev–Trinajstić information content (AvgIpc) is 3.11. The van der Waals surface area contributed by atoms with Gasteiger partial charge in [-0.05, 0) is 36.5 Å². The van der Waals surface area contributed by atoms with Gasteiger partial charge in [0.25, 0.3) is 0 Å². The molecule has 1 unspecified atom stereocenters. The smallest absolute Gasteiger partial charge is 0.124 e. The minimum atomic E-state index is 0.433. The Hall–Kier alpha value is -2.39. The number of hydrogen-bond acceptors (Lipinski definition) is 3. The first-order valence-electron chi connectivity index (χ1n) is 8.91. The van der Waals surface area contributed by atoms with E-state index in [0.717, 1.165) is 24.3 Å². The highest BCUT2D eigenvalue weighted by Gasteiger charge is 2.33. The molecule has 2 aromatic rings. The molecule has 25 heavy (non-hydrogen) atoms. The largest absolute Gasteiger partial charge is 0.381 e. The van der Waals surface area contributed by atoms with E-state index in [1.165, 1.54) is 38.6 Å². The van der Waals surface area contributed by atoms with Gasteiger partial charge in [0.2, 0.25) is 0 Å². The van der Waals surface area contributed by atoms with Crippen LogP contribution in [0.1, 0.15) is 30.3 Å². The number of nitrogens with zero attached hydrogens (tertiary/aromatic N) is 1. The molecule has 0 saturated carbocycles. The second-order valence-corrected chi connectivity index (χ2v) is 7.82. The first-order valence-corrected chi connectivity index (χ1v) is 9.72. The Morgan fingerprint density at radius 3 is 2.92 bits per heavy atom. The minimum Gasteiger partial charge on any atom is -0.381 e. The Kier molecular flexibility index (Phi) is 3.49. The van der Waals surface area contributed by atoms with Gasteiger partial charge in [0.1, 0.15) is 5.01 Å². The van der Waals surface area contributed by atoms with Crippen molar-refractivity contribution in [3.8, 4) is 10.6 Å². The van der Waals surface area contributed by atoms with Crippen molar-refractivity contribution in [2.75, 3.05) is 0 Å². The summed E-state index contributed by atoms with van der Waals surface area (Å²) in [6.45, 7) is 2.28. The molecule has 1 aliphatic heterocycles. The van der Waals surface area contributed by atoms with E-state index in [1.54, 1.807) is 0 Å². The van der Waals surface area contributed by atoms with Crippen molar-refractivity contribution in [3.63, 3.8) is 0 Å². The van der Waals surface area contributed by atoms with Gasteiger partial charge in [-0.1, -0.05) is 54.6 Å². The van der Waals surface area contributed by atoms with Gasteiger partial charge in [-0.15, -0.1) is 11.3 Å². The number of thiazole rings is 1. The van der Waals surface area contributed by atoms with Gasteiger partial charge in [0.15, 0.2) is 0 Å². The first kappa shape index (κ1) is 14.9. The predicted octanol–water partition coefficient (Wildman–Crippen LogP) is 5.27. The van der Waals surface area contributed by atoms with E-state index >= 15 is 0 Å². The van der Waals surface area contributed by atoms with E-state index in [0.29, 0.717) is 6.04 Å². The van der Waals surface area contributed by atoms with Gasteiger partial charge in [-0.25, -0.2) is 4.98 Å². The van der Waals surface area contributed by atoms with Crippen LogP contribution in [0.5, 0.6) is 0 Å². The maximum Gasteiger partial charge on any atom is 0.124 e. The molecular weight excluding hydrogens is 324 g/mol. The molecule has 2 heterocycles. The minimum absolute atomic E-state index is 0.433. The number of aromatic nitrogens is 1. The summed E-state index contributed by atoms with van der Waals surface area (Å²) in [4.78, 5) is 6.36. The summed E-state index contributed by atoms with van der Waals surface area (Å²) in [5.41, 5.74) is 8.15. The molecule has 0 amide bonds. The van der Waals surface area contributed by atoms with Crippen LogP contribution in [-0.4, -0.2) is 11.0 Å². The molecule has 1 atom stereocenters. The van der Waals surface area contributed by atoms with E-state index in [9.17, 15) is 0 Å². The topological polar surface area (TPSA) is 24.9 Å². The number of hydrogen-bond donors (Lipinski definition) is 1. The zero-order chi connectivity index (χ0) is 16.8. The summed E-state index contributed by atoms with van der Waals surface area (Å²) in [7, 11) is 0. The van der Waals surface area contributed by atoms with Gasteiger partial charge >= 0.3 is 0 Å². The summed E-state index contributed by atoms with van der Waals surface area (Å²) < 4.78 is 0. The lowest BCUT2D eigenvalue weighted by atomic mass is 9.95. The molecule has 0 bridgehead atoms. The Balaban J connectivity index is 1.64. The van der Waals surface area contributed by atoms with Crippen LogP contribution in [0, 0.1) is 0 Å². The third kappa shape index (κ3) is 2.42. The van der Waals surface area contributed by atoms with Crippen LogP contribution in [0.4, 0.5) is 0 Å². The summed E-state index contributed by atoms with van der Waals surface area (Å²) in [6, 6.07) is 11.0. The Bertz CT molecular complexity index is 957. The third-order valence-electron chi connectivity index (χ3n) is 5.28. The molecule has 1 N–H and O–H groups in total. The lowest BCUT2D eigenvalue weighted by molar-refractivity contribution is 0.619. The molecule has 0 fully saturated rings. The summed E-state index contributed by atoms with van der Waals surface area (Å²) in [5, 5.41) is 4.91. The number of allylic oxidation sites excluding steroid dienone is 5. The SMILES string of the molecule is CC1=C2C3=C(CC=CC=C3)NC2CCc2nc(-c3ccccc3)sc21. The van der Waals surface area contributed by atoms with E-state index in [-0.39, 0.29) is 0 Å². The van der Waals surface area contributed by atoms with Gasteiger partial charge in [-0.2, -0.15) is 0 Å². The van der Waals surface area contributed by atoms with E-state index < -0.39 is 0 Å². The van der Waals surface area contributed by atoms with Crippen LogP contribution in [0.15, 0.2) is 71.5 Å². The van der Waals surface area contributed by atoms with Crippen molar-refractivity contribution in [3.05, 3.63) is 82.1 Å². The number of fused-ring (bicyclic) bond motifs is 3. The zero-order valence-electron chi connectivity index (χ0n) is 14.3. The first-order chi connectivity index (χ1) is 12.3. The number of nitrogens with one attached hydrogen (secondary N) is 1. The third-order valence-corrected chi connectivity index (χ3v) is 6.54. The van der Waals surface area contributed by atoms with E-state index in [1.807, 2.05) is 11.3 Å². The van der Waals surface area contributed by atoms with Crippen molar-refractivity contribution in [1.29, 1.82) is 0 Å². The quantitative estimate of drug-likeness (QED) is 0.762. The molecule has 0 spiro atoms. The van der Waals surface area contributed by atoms with Gasteiger partial charge in [0, 0.05) is 17.7 Å². The highest BCUT2D eigenvalue weighted by Crippen LogP contribution is 2.43. The Morgan fingerprint density at radius 1 is 1.16 bits per heavy atom. The molecule has 1 aromatic carbocycles. The monoisotopic (exact) mass is 344 g/mol. The molecule has 2 nitrogen and oxygen atoms in total. The van der Waals surface area contributed by atoms with Crippen molar-refractivity contribution in [2.45, 2.75) is 32.2 Å². The van der Waals surface area contributed by atoms with Crippen LogP contribution < -0.4 is 5.32 Å². The number of aryl methyl sites for hydroxylation is 1. The summed E-state index contributed by atoms with van der Waals surface area (Å²) in [6.07, 6.45) is 12.0. The predicted molar refractivity (Wildman–Crippen MR) is 105 cm³/mol. The van der Waals surface area contributed by atoms with Gasteiger partial charge in [-0.3, -0.25) is 0 Å². The molecule has 124 valence electrons. The van der Waals surface area contributed by atoms with Crippen LogP contribution in [0.25, 0.3) is 16.1 Å². The van der Waals surface area contributed by atoms with E-state index in [4.69, 9.17) is 4.98 Å². The van der Waals surface area contributed by atoms with Crippen LogP contribution in [0.2, 0.25) is 0 Å². The molecule has 2 aliphatic carbocycles. The fourth-order valence-corrected chi connectivity index (χ4v) is 5.22. The highest BCUT2D eigenvalue weighted by atomic mass is 32.1. The molecule has 5 rings (SSSR count). The van der Waals surface area contributed by atoms with Crippen LogP contribution >= 0.6 is 11.3 Å². The fraction of sp³-hybridized carbons (Fsp3) is 0.227. The molecule has 0 saturated heterocycles. The van der Waals surface area contributed by atoms with Crippen LogP contribution in [-0.2, 0) is 6.42 Å². The number of benzene rings is 1. The highest BCUT2D eigenvalue weighted by molar-refractivity contribution is 7.16. The van der Waals surface area contributed by atoms with Crippen molar-refractivity contribution >= 4 is 16.9 Å². The average molecular weight is 344 g/mol. The standard InChI is InChI=1S/C22H20N2S/c1-14-20-16-10-6-3-7-11-17(16)23-18(20)12-13-19-21(14)25-22(24-19)15-8-4-2-5-9-15/h2-10,18,23H,11-13H2,1H3.